The van der Waals surface area contributed by atoms with E-state index in [9.17, 15) is 0 Å². The van der Waals surface area contributed by atoms with Crippen molar-refractivity contribution in [2.45, 2.75) is 6.04 Å². The van der Waals surface area contributed by atoms with Gasteiger partial charge < -0.3 is 9.80 Å². The van der Waals surface area contributed by atoms with Crippen LogP contribution in [0.25, 0.3) is 28.1 Å². The average molecular weight is 670 g/mol. The van der Waals surface area contributed by atoms with Gasteiger partial charge in [0.2, 0.25) is 5.69 Å². The first kappa shape index (κ1) is 24.2. The van der Waals surface area contributed by atoms with Crippen molar-refractivity contribution in [2.24, 2.45) is 0 Å². The predicted octanol–water partition coefficient (Wildman–Crippen LogP) is 4.67. The number of benzene rings is 3. The Bertz CT molecular complexity index is 1800. The summed E-state index contributed by atoms with van der Waals surface area (Å²) in [5.41, 5.74) is 5.34. The van der Waals surface area contributed by atoms with E-state index in [4.69, 9.17) is 4.98 Å². The third kappa shape index (κ3) is 4.03. The molecule has 184 valence electrons. The van der Waals surface area contributed by atoms with Gasteiger partial charge in [0.1, 0.15) is 16.7 Å². The van der Waals surface area contributed by atoms with Gasteiger partial charge in [-0.25, -0.2) is 9.56 Å². The number of rotatable bonds is 1. The normalized spacial score (nSPS) is 15.9. The van der Waals surface area contributed by atoms with E-state index in [0.717, 1.165) is 38.9 Å². The van der Waals surface area contributed by atoms with Crippen molar-refractivity contribution in [3.8, 4) is 11.3 Å². The van der Waals surface area contributed by atoms with Crippen LogP contribution in [0.3, 0.4) is 0 Å². The number of hydrogen-bond donors (Lipinski definition) is 0. The fourth-order valence-electron chi connectivity index (χ4n) is 5.16. The quantitative estimate of drug-likeness (QED) is 0.192. The van der Waals surface area contributed by atoms with Gasteiger partial charge in [0, 0.05) is 23.3 Å². The van der Waals surface area contributed by atoms with Crippen LogP contribution in [0.2, 0.25) is 0 Å². The van der Waals surface area contributed by atoms with Gasteiger partial charge in [-0.05, 0) is 43.7 Å². The molecule has 0 spiro atoms. The SMILES string of the molecule is CN1C=CN(c2[c-]cccc2)[CH-]1.[C-]1=c2ccccc2=[N+]2c3c(ncc4ccccc34)-c3cccnc3C12.[Ir+3]. The molecule has 3 aliphatic rings. The molecule has 0 N–H and O–H groups in total. The first-order chi connectivity index (χ1) is 18.3. The first-order valence-corrected chi connectivity index (χ1v) is 12.3. The number of nitrogens with zero attached hydrogens (tertiary/aromatic N) is 5. The van der Waals surface area contributed by atoms with Crippen LogP contribution in [0.15, 0.2) is 110 Å². The Labute approximate surface area is 235 Å². The molecule has 0 bridgehead atoms. The van der Waals surface area contributed by atoms with Crippen LogP contribution >= 0.6 is 0 Å². The molecule has 2 aromatic heterocycles. The summed E-state index contributed by atoms with van der Waals surface area (Å²) in [6, 6.07) is 32.0. The van der Waals surface area contributed by atoms with E-state index in [1.807, 2.05) is 78.6 Å². The van der Waals surface area contributed by atoms with E-state index in [0.29, 0.717) is 0 Å². The fraction of sp³-hybridized carbons (Fsp3) is 0.0625. The summed E-state index contributed by atoms with van der Waals surface area (Å²) in [7, 11) is 2.00. The molecule has 0 fully saturated rings. The third-order valence-electron chi connectivity index (χ3n) is 6.82. The summed E-state index contributed by atoms with van der Waals surface area (Å²) in [6.45, 7) is 2.01. The molecule has 3 aliphatic heterocycles. The second-order valence-corrected chi connectivity index (χ2v) is 9.15. The van der Waals surface area contributed by atoms with Gasteiger partial charge in [0.25, 0.3) is 0 Å². The molecular formula is C32H23IrN5+. The molecule has 0 radical (unpaired) electrons. The Morgan fingerprint density at radius 2 is 1.74 bits per heavy atom. The minimum atomic E-state index is -0.00583. The zero-order chi connectivity index (χ0) is 24.8. The van der Waals surface area contributed by atoms with Gasteiger partial charge in [-0.15, -0.1) is 23.0 Å². The summed E-state index contributed by atoms with van der Waals surface area (Å²) in [6.07, 6.45) is 11.5. The van der Waals surface area contributed by atoms with Crippen LogP contribution in [0.1, 0.15) is 11.7 Å². The van der Waals surface area contributed by atoms with Crippen molar-refractivity contribution < 1.29 is 20.1 Å². The van der Waals surface area contributed by atoms with E-state index in [1.54, 1.807) is 0 Å². The molecule has 5 nitrogen and oxygen atoms in total. The zero-order valence-electron chi connectivity index (χ0n) is 20.6. The number of para-hydroxylation sites is 2. The topological polar surface area (TPSA) is 35.3 Å². The van der Waals surface area contributed by atoms with Crippen LogP contribution in [0, 0.1) is 12.7 Å². The van der Waals surface area contributed by atoms with Crippen molar-refractivity contribution in [2.75, 3.05) is 11.9 Å². The van der Waals surface area contributed by atoms with Gasteiger partial charge in [0.05, 0.1) is 5.39 Å². The number of hydrogen-bond acceptors (Lipinski definition) is 4. The van der Waals surface area contributed by atoms with Crippen molar-refractivity contribution in [3.63, 3.8) is 0 Å². The maximum atomic E-state index is 4.81. The molecule has 1 unspecified atom stereocenters. The molecule has 0 saturated carbocycles. The summed E-state index contributed by atoms with van der Waals surface area (Å²) >= 11 is 0. The molecule has 38 heavy (non-hydrogen) atoms. The van der Waals surface area contributed by atoms with Crippen LogP contribution in [-0.2, 0) is 20.1 Å². The second-order valence-electron chi connectivity index (χ2n) is 9.15. The largest absolute Gasteiger partial charge is 3.00 e. The monoisotopic (exact) mass is 670 g/mol. The number of fused-ring (bicyclic) bond motifs is 9. The van der Waals surface area contributed by atoms with Gasteiger partial charge in [-0.3, -0.25) is 4.98 Å². The predicted molar refractivity (Wildman–Crippen MR) is 147 cm³/mol. The number of aromatic nitrogens is 2. The Morgan fingerprint density at radius 1 is 0.895 bits per heavy atom. The van der Waals surface area contributed by atoms with E-state index >= 15 is 0 Å². The number of anilines is 1. The van der Waals surface area contributed by atoms with Gasteiger partial charge in [-0.2, -0.15) is 43.1 Å². The molecule has 5 aromatic rings. The molecule has 0 aliphatic carbocycles. The Kier molecular flexibility index (Phi) is 6.36. The van der Waals surface area contributed by atoms with Crippen LogP contribution in [0.4, 0.5) is 11.4 Å². The molecular weight excluding hydrogens is 647 g/mol. The van der Waals surface area contributed by atoms with Gasteiger partial charge in [0.15, 0.2) is 6.04 Å². The maximum Gasteiger partial charge on any atom is 3.00 e. The second kappa shape index (κ2) is 9.97. The molecule has 6 heteroatoms. The maximum absolute atomic E-state index is 4.81. The van der Waals surface area contributed by atoms with Crippen LogP contribution in [-0.4, -0.2) is 21.9 Å². The average Bonchev–Trinajstić information content (AvgIpc) is 3.58. The minimum Gasteiger partial charge on any atom is -0.510 e. The van der Waals surface area contributed by atoms with Crippen molar-refractivity contribution in [1.82, 2.24) is 19.4 Å². The molecule has 3 aromatic carbocycles. The Morgan fingerprint density at radius 3 is 2.58 bits per heavy atom. The van der Waals surface area contributed by atoms with E-state index in [2.05, 4.69) is 76.3 Å². The van der Waals surface area contributed by atoms with E-state index in [-0.39, 0.29) is 26.1 Å². The number of pyridine rings is 2. The van der Waals surface area contributed by atoms with Crippen LogP contribution < -0.4 is 20.1 Å². The standard InChI is InChI=1S/C22H13N3.C10H10N2.Ir/c1-3-8-16-15(7-1)13-24-21-17-9-5-11-23-20(17)19-12-14-6-2-4-10-18(14)25(19)22(16)21;1-11-7-8-12(9-11)10-5-3-2-4-6-10;/h1-11,13,19H;2-5,7-9H,1H3;/q;-2;+3. The Balaban J connectivity index is 0.000000172. The first-order valence-electron chi connectivity index (χ1n) is 12.3. The van der Waals surface area contributed by atoms with Crippen molar-refractivity contribution in [1.29, 1.82) is 0 Å². The van der Waals surface area contributed by atoms with Crippen LogP contribution in [0.5, 0.6) is 0 Å². The summed E-state index contributed by atoms with van der Waals surface area (Å²) in [4.78, 5) is 13.5. The van der Waals surface area contributed by atoms with E-state index in [1.165, 1.54) is 10.7 Å². The smallest absolute Gasteiger partial charge is 0.510 e. The van der Waals surface area contributed by atoms with Gasteiger partial charge in [-0.1, -0.05) is 24.3 Å². The Hall–Kier alpha value is -4.12. The summed E-state index contributed by atoms with van der Waals surface area (Å²) in [5.74, 6) is 0. The summed E-state index contributed by atoms with van der Waals surface area (Å²) in [5, 5.41) is 4.66. The molecule has 1 atom stereocenters. The summed E-state index contributed by atoms with van der Waals surface area (Å²) < 4.78 is 2.34. The molecule has 5 heterocycles. The van der Waals surface area contributed by atoms with Crippen molar-refractivity contribution in [3.05, 3.63) is 139 Å². The molecule has 8 rings (SSSR count). The molecule has 0 amide bonds. The zero-order valence-corrected chi connectivity index (χ0v) is 23.0. The minimum absolute atomic E-state index is 0. The third-order valence-corrected chi connectivity index (χ3v) is 6.82. The van der Waals surface area contributed by atoms with Gasteiger partial charge >= 0.3 is 20.1 Å². The van der Waals surface area contributed by atoms with E-state index < -0.39 is 0 Å². The molecule has 0 saturated heterocycles. The van der Waals surface area contributed by atoms with Crippen molar-refractivity contribution >= 4 is 28.2 Å². The fourth-order valence-corrected chi connectivity index (χ4v) is 5.16.